The molecule has 9 heteroatoms. The maximum absolute atomic E-state index is 13.8. The van der Waals surface area contributed by atoms with E-state index in [1.807, 2.05) is 18.7 Å². The number of fused-ring (bicyclic) bond motifs is 1. The SMILES string of the molecule is Cc1cc2c(cc1C(=O)N1C[C@H](C)N(Cc3ccc(F)cc3)C[C@H]1C)c(C(=O)C(=O)N1CCCC1)cn2N. The number of carbonyl (C=O) groups excluding carboxylic acids is 3. The third kappa shape index (κ3) is 4.78. The number of benzene rings is 2. The number of carbonyl (C=O) groups is 3. The van der Waals surface area contributed by atoms with Crippen molar-refractivity contribution in [1.29, 1.82) is 0 Å². The molecule has 2 aromatic carbocycles. The van der Waals surface area contributed by atoms with E-state index >= 15 is 0 Å². The van der Waals surface area contributed by atoms with E-state index in [4.69, 9.17) is 5.84 Å². The minimum atomic E-state index is -0.597. The number of nitrogens with zero attached hydrogens (tertiary/aromatic N) is 4. The van der Waals surface area contributed by atoms with Gasteiger partial charge < -0.3 is 15.6 Å². The van der Waals surface area contributed by atoms with Crippen LogP contribution in [-0.4, -0.2) is 75.2 Å². The number of amides is 2. The number of hydrogen-bond donors (Lipinski definition) is 1. The number of rotatable bonds is 5. The van der Waals surface area contributed by atoms with Crippen LogP contribution in [0.15, 0.2) is 42.6 Å². The molecule has 5 rings (SSSR count). The van der Waals surface area contributed by atoms with Gasteiger partial charge >= 0.3 is 0 Å². The summed E-state index contributed by atoms with van der Waals surface area (Å²) < 4.78 is 14.7. The molecule has 2 atom stereocenters. The zero-order chi connectivity index (χ0) is 27.1. The van der Waals surface area contributed by atoms with Crippen molar-refractivity contribution >= 4 is 28.5 Å². The summed E-state index contributed by atoms with van der Waals surface area (Å²) in [5, 5.41) is 0.509. The van der Waals surface area contributed by atoms with Crippen molar-refractivity contribution < 1.29 is 18.8 Å². The largest absolute Gasteiger partial charge is 0.339 e. The van der Waals surface area contributed by atoms with Crippen LogP contribution in [0.1, 0.15) is 58.5 Å². The fourth-order valence-corrected chi connectivity index (χ4v) is 5.67. The Morgan fingerprint density at radius 3 is 2.34 bits per heavy atom. The van der Waals surface area contributed by atoms with E-state index in [1.165, 1.54) is 23.0 Å². The van der Waals surface area contributed by atoms with Gasteiger partial charge in [-0.2, -0.15) is 0 Å². The Kier molecular flexibility index (Phi) is 6.96. The van der Waals surface area contributed by atoms with Gasteiger partial charge in [0, 0.05) is 62.0 Å². The van der Waals surface area contributed by atoms with Crippen molar-refractivity contribution in [2.45, 2.75) is 52.2 Å². The Balaban J connectivity index is 1.39. The fraction of sp³-hybridized carbons (Fsp3) is 0.414. The first kappa shape index (κ1) is 25.9. The van der Waals surface area contributed by atoms with Crippen molar-refractivity contribution in [1.82, 2.24) is 19.4 Å². The molecule has 3 heterocycles. The van der Waals surface area contributed by atoms with Gasteiger partial charge in [-0.25, -0.2) is 4.39 Å². The summed E-state index contributed by atoms with van der Waals surface area (Å²) in [6.07, 6.45) is 3.26. The summed E-state index contributed by atoms with van der Waals surface area (Å²) in [4.78, 5) is 45.5. The van der Waals surface area contributed by atoms with Crippen LogP contribution < -0.4 is 5.84 Å². The minimum Gasteiger partial charge on any atom is -0.339 e. The average molecular weight is 520 g/mol. The molecule has 38 heavy (non-hydrogen) atoms. The fourth-order valence-electron chi connectivity index (χ4n) is 5.67. The lowest BCUT2D eigenvalue weighted by Gasteiger charge is -2.44. The number of Topliss-reactive ketones (excluding diaryl/α,β-unsaturated/α-hetero) is 1. The second kappa shape index (κ2) is 10.2. The minimum absolute atomic E-state index is 0.0498. The summed E-state index contributed by atoms with van der Waals surface area (Å²) in [6.45, 7) is 9.02. The number of aryl methyl sites for hydroxylation is 1. The van der Waals surface area contributed by atoms with Gasteiger partial charge in [0.1, 0.15) is 5.82 Å². The average Bonchev–Trinajstić information content (AvgIpc) is 3.54. The lowest BCUT2D eigenvalue weighted by atomic mass is 9.99. The molecule has 0 radical (unpaired) electrons. The van der Waals surface area contributed by atoms with E-state index in [-0.39, 0.29) is 29.4 Å². The molecule has 2 aliphatic heterocycles. The zero-order valence-electron chi connectivity index (χ0n) is 22.1. The number of piperazine rings is 1. The van der Waals surface area contributed by atoms with Crippen LogP contribution in [0.4, 0.5) is 4.39 Å². The van der Waals surface area contributed by atoms with Gasteiger partial charge in [0.2, 0.25) is 0 Å². The van der Waals surface area contributed by atoms with Gasteiger partial charge in [0.25, 0.3) is 17.6 Å². The van der Waals surface area contributed by atoms with E-state index in [0.717, 1.165) is 24.0 Å². The molecule has 2 N–H and O–H groups in total. The Bertz CT molecular complexity index is 1390. The summed E-state index contributed by atoms with van der Waals surface area (Å²) in [5.41, 5.74) is 3.10. The Hall–Kier alpha value is -3.72. The molecule has 0 spiro atoms. The van der Waals surface area contributed by atoms with Gasteiger partial charge in [-0.3, -0.25) is 24.0 Å². The topological polar surface area (TPSA) is 91.9 Å². The van der Waals surface area contributed by atoms with Crippen molar-refractivity contribution in [2.75, 3.05) is 32.0 Å². The number of ketones is 1. The maximum atomic E-state index is 13.8. The highest BCUT2D eigenvalue weighted by Crippen LogP contribution is 2.28. The van der Waals surface area contributed by atoms with Crippen LogP contribution in [0.3, 0.4) is 0 Å². The molecule has 0 aliphatic carbocycles. The summed E-state index contributed by atoms with van der Waals surface area (Å²) in [7, 11) is 0. The Labute approximate surface area is 221 Å². The van der Waals surface area contributed by atoms with Crippen molar-refractivity contribution in [2.24, 2.45) is 0 Å². The van der Waals surface area contributed by atoms with Gasteiger partial charge in [-0.15, -0.1) is 0 Å². The lowest BCUT2D eigenvalue weighted by molar-refractivity contribution is -0.125. The zero-order valence-corrected chi connectivity index (χ0v) is 22.1. The standard InChI is InChI=1S/C29H34FN5O3/c1-18-12-26-24(25(17-35(26)31)27(36)29(38)32-10-4-5-11-32)13-23(18)28(37)34-15-19(2)33(14-20(34)3)16-21-6-8-22(30)9-7-21/h6-9,12-13,17,19-20H,4-5,10-11,14-16,31H2,1-3H3/t19-,20+/m0/s1. The van der Waals surface area contributed by atoms with Crippen molar-refractivity contribution in [3.05, 3.63) is 70.7 Å². The third-order valence-electron chi connectivity index (χ3n) is 7.92. The lowest BCUT2D eigenvalue weighted by Crippen LogP contribution is -2.57. The quantitative estimate of drug-likeness (QED) is 0.317. The van der Waals surface area contributed by atoms with E-state index in [0.29, 0.717) is 49.2 Å². The Morgan fingerprint density at radius 2 is 1.66 bits per heavy atom. The van der Waals surface area contributed by atoms with E-state index in [2.05, 4.69) is 11.8 Å². The second-order valence-electron chi connectivity index (χ2n) is 10.7. The van der Waals surface area contributed by atoms with Gasteiger partial charge in [-0.1, -0.05) is 12.1 Å². The molecule has 200 valence electrons. The van der Waals surface area contributed by atoms with Gasteiger partial charge in [0.05, 0.1) is 11.1 Å². The highest BCUT2D eigenvalue weighted by atomic mass is 19.1. The summed E-state index contributed by atoms with van der Waals surface area (Å²) in [5.74, 6) is 4.66. The van der Waals surface area contributed by atoms with Crippen molar-refractivity contribution in [3.63, 3.8) is 0 Å². The third-order valence-corrected chi connectivity index (χ3v) is 7.92. The highest BCUT2D eigenvalue weighted by Gasteiger charge is 2.34. The first-order valence-corrected chi connectivity index (χ1v) is 13.2. The molecule has 1 aromatic heterocycles. The molecule has 2 saturated heterocycles. The summed E-state index contributed by atoms with van der Waals surface area (Å²) in [6, 6.07) is 10.1. The monoisotopic (exact) mass is 519 g/mol. The number of hydrogen-bond acceptors (Lipinski definition) is 5. The number of nitrogens with two attached hydrogens (primary N) is 1. The van der Waals surface area contributed by atoms with E-state index < -0.39 is 11.7 Å². The molecular weight excluding hydrogens is 485 g/mol. The van der Waals surface area contributed by atoms with Gasteiger partial charge in [-0.05, 0) is 69.0 Å². The molecule has 2 amide bonds. The number of nitrogen functional groups attached to an aromatic ring is 1. The molecule has 0 saturated carbocycles. The van der Waals surface area contributed by atoms with Crippen LogP contribution in [0, 0.1) is 12.7 Å². The van der Waals surface area contributed by atoms with Crippen LogP contribution in [0.2, 0.25) is 0 Å². The molecule has 0 bridgehead atoms. The van der Waals surface area contributed by atoms with Crippen LogP contribution in [0.5, 0.6) is 0 Å². The number of likely N-dealkylation sites (tertiary alicyclic amines) is 1. The van der Waals surface area contributed by atoms with E-state index in [1.54, 1.807) is 29.2 Å². The number of halogens is 1. The predicted octanol–water partition coefficient (Wildman–Crippen LogP) is 3.34. The predicted molar refractivity (Wildman–Crippen MR) is 144 cm³/mol. The maximum Gasteiger partial charge on any atom is 0.295 e. The molecular formula is C29H34FN5O3. The first-order chi connectivity index (χ1) is 18.1. The molecule has 2 fully saturated rings. The molecule has 3 aromatic rings. The Morgan fingerprint density at radius 1 is 0.974 bits per heavy atom. The summed E-state index contributed by atoms with van der Waals surface area (Å²) >= 11 is 0. The van der Waals surface area contributed by atoms with Gasteiger partial charge in [0.15, 0.2) is 0 Å². The molecule has 2 aliphatic rings. The van der Waals surface area contributed by atoms with Crippen molar-refractivity contribution in [3.8, 4) is 0 Å². The van der Waals surface area contributed by atoms with Crippen LogP contribution in [-0.2, 0) is 11.3 Å². The van der Waals surface area contributed by atoms with Crippen LogP contribution in [0.25, 0.3) is 10.9 Å². The molecule has 0 unspecified atom stereocenters. The number of aromatic nitrogens is 1. The molecule has 8 nitrogen and oxygen atoms in total. The second-order valence-corrected chi connectivity index (χ2v) is 10.7. The van der Waals surface area contributed by atoms with Crippen LogP contribution >= 0.6 is 0 Å². The highest BCUT2D eigenvalue weighted by molar-refractivity contribution is 6.45. The smallest absolute Gasteiger partial charge is 0.295 e. The normalized spacial score (nSPS) is 20.3. The first-order valence-electron chi connectivity index (χ1n) is 13.2. The van der Waals surface area contributed by atoms with E-state index in [9.17, 15) is 18.8 Å².